The molecule has 17 heavy (non-hydrogen) atoms. The van der Waals surface area contributed by atoms with E-state index in [0.29, 0.717) is 0 Å². The van der Waals surface area contributed by atoms with E-state index in [1.165, 1.54) is 0 Å². The van der Waals surface area contributed by atoms with Gasteiger partial charge >= 0.3 is 0 Å². The van der Waals surface area contributed by atoms with Crippen LogP contribution in [0.3, 0.4) is 0 Å². The molecule has 0 radical (unpaired) electrons. The molecule has 5 heteroatoms. The molecule has 0 unspecified atom stereocenters. The minimum absolute atomic E-state index is 0.740. The summed E-state index contributed by atoms with van der Waals surface area (Å²) in [5, 5.41) is 3.30. The molecule has 2 aromatic rings. The highest BCUT2D eigenvalue weighted by Crippen LogP contribution is 2.31. The molecule has 2 rings (SSSR count). The molecule has 0 amide bonds. The molecule has 0 spiro atoms. The average Bonchev–Trinajstić information content (AvgIpc) is 2.27. The fraction of sp³-hybridized carbons (Fsp3) is 0. The molecule has 2 aromatic carbocycles. The van der Waals surface area contributed by atoms with Crippen LogP contribution in [0.15, 0.2) is 45.3 Å². The molecule has 2 nitrogen and oxygen atoms in total. The van der Waals surface area contributed by atoms with Gasteiger partial charge in [-0.25, -0.2) is 0 Å². The predicted octanol–water partition coefficient (Wildman–Crippen LogP) is 5.14. The Morgan fingerprint density at radius 1 is 1.00 bits per heavy atom. The van der Waals surface area contributed by atoms with E-state index < -0.39 is 0 Å². The van der Waals surface area contributed by atoms with Gasteiger partial charge in [0, 0.05) is 12.5 Å². The van der Waals surface area contributed by atoms with Gasteiger partial charge < -0.3 is 11.1 Å². The zero-order valence-corrected chi connectivity index (χ0v) is 14.0. The third kappa shape index (κ3) is 3.35. The van der Waals surface area contributed by atoms with Crippen LogP contribution < -0.4 is 11.1 Å². The fourth-order valence-electron chi connectivity index (χ4n) is 1.39. The number of hydrogen-bond acceptors (Lipinski definition) is 2. The number of halogens is 3. The van der Waals surface area contributed by atoms with E-state index in [9.17, 15) is 0 Å². The number of benzene rings is 2. The standard InChI is InChI=1S/C12H9Br2IN2/c13-7-1-3-9(14)12(5-7)17-11-4-2-8(15)6-10(11)16/h1-6,17H,16H2. The van der Waals surface area contributed by atoms with Crippen molar-refractivity contribution in [3.63, 3.8) is 0 Å². The second-order valence-electron chi connectivity index (χ2n) is 3.48. The third-order valence-electron chi connectivity index (χ3n) is 2.21. The van der Waals surface area contributed by atoms with Gasteiger partial charge in [-0.3, -0.25) is 0 Å². The molecule has 0 bridgehead atoms. The average molecular weight is 468 g/mol. The van der Waals surface area contributed by atoms with Crippen LogP contribution in [0.5, 0.6) is 0 Å². The minimum Gasteiger partial charge on any atom is -0.397 e. The van der Waals surface area contributed by atoms with Crippen LogP contribution in [-0.4, -0.2) is 0 Å². The van der Waals surface area contributed by atoms with Gasteiger partial charge in [0.25, 0.3) is 0 Å². The Morgan fingerprint density at radius 3 is 2.47 bits per heavy atom. The van der Waals surface area contributed by atoms with Gasteiger partial charge in [0.2, 0.25) is 0 Å². The lowest BCUT2D eigenvalue weighted by molar-refractivity contribution is 1.50. The molecule has 0 saturated heterocycles. The Labute approximate surface area is 130 Å². The quantitative estimate of drug-likeness (QED) is 0.474. The monoisotopic (exact) mass is 466 g/mol. The summed E-state index contributed by atoms with van der Waals surface area (Å²) in [6, 6.07) is 11.9. The van der Waals surface area contributed by atoms with Crippen LogP contribution in [0.2, 0.25) is 0 Å². The van der Waals surface area contributed by atoms with Crippen LogP contribution >= 0.6 is 54.5 Å². The Balaban J connectivity index is 2.34. The number of nitrogens with two attached hydrogens (primary N) is 1. The first-order valence-electron chi connectivity index (χ1n) is 4.83. The van der Waals surface area contributed by atoms with E-state index in [-0.39, 0.29) is 0 Å². The zero-order chi connectivity index (χ0) is 12.4. The first-order chi connectivity index (χ1) is 8.06. The second-order valence-corrected chi connectivity index (χ2v) is 6.50. The molecule has 0 aromatic heterocycles. The summed E-state index contributed by atoms with van der Waals surface area (Å²) in [6.07, 6.45) is 0. The molecule has 88 valence electrons. The Morgan fingerprint density at radius 2 is 1.76 bits per heavy atom. The van der Waals surface area contributed by atoms with Crippen molar-refractivity contribution in [3.05, 3.63) is 48.9 Å². The van der Waals surface area contributed by atoms with Gasteiger partial charge in [-0.2, -0.15) is 0 Å². The summed E-state index contributed by atoms with van der Waals surface area (Å²) >= 11 is 9.19. The smallest absolute Gasteiger partial charge is 0.0618 e. The van der Waals surface area contributed by atoms with E-state index in [1.807, 2.05) is 36.4 Å². The summed E-state index contributed by atoms with van der Waals surface area (Å²) in [5.41, 5.74) is 8.59. The summed E-state index contributed by atoms with van der Waals surface area (Å²) < 4.78 is 3.14. The van der Waals surface area contributed by atoms with Gasteiger partial charge in [0.1, 0.15) is 0 Å². The molecule has 0 heterocycles. The SMILES string of the molecule is Nc1cc(I)ccc1Nc1cc(Br)ccc1Br. The van der Waals surface area contributed by atoms with E-state index in [1.54, 1.807) is 0 Å². The lowest BCUT2D eigenvalue weighted by atomic mass is 10.2. The van der Waals surface area contributed by atoms with Gasteiger partial charge in [0.15, 0.2) is 0 Å². The van der Waals surface area contributed by atoms with Crippen molar-refractivity contribution in [1.29, 1.82) is 0 Å². The summed E-state index contributed by atoms with van der Waals surface area (Å²) in [7, 11) is 0. The van der Waals surface area contributed by atoms with Crippen LogP contribution in [-0.2, 0) is 0 Å². The topological polar surface area (TPSA) is 38.0 Å². The zero-order valence-electron chi connectivity index (χ0n) is 8.68. The molecule has 0 fully saturated rings. The van der Waals surface area contributed by atoms with Gasteiger partial charge in [-0.15, -0.1) is 0 Å². The summed E-state index contributed by atoms with van der Waals surface area (Å²) in [5.74, 6) is 0. The van der Waals surface area contributed by atoms with Gasteiger partial charge in [-0.1, -0.05) is 15.9 Å². The Hall–Kier alpha value is -0.270. The fourth-order valence-corrected chi connectivity index (χ4v) is 2.61. The van der Waals surface area contributed by atoms with Crippen molar-refractivity contribution < 1.29 is 0 Å². The maximum Gasteiger partial charge on any atom is 0.0618 e. The normalized spacial score (nSPS) is 10.3. The van der Waals surface area contributed by atoms with Gasteiger partial charge in [0.05, 0.1) is 17.1 Å². The molecule has 0 aliphatic rings. The van der Waals surface area contributed by atoms with Crippen LogP contribution in [0, 0.1) is 3.57 Å². The molecule has 0 atom stereocenters. The van der Waals surface area contributed by atoms with Gasteiger partial charge in [-0.05, 0) is 74.9 Å². The summed E-state index contributed by atoms with van der Waals surface area (Å²) in [6.45, 7) is 0. The summed E-state index contributed by atoms with van der Waals surface area (Å²) in [4.78, 5) is 0. The van der Waals surface area contributed by atoms with E-state index in [4.69, 9.17) is 5.73 Å². The maximum absolute atomic E-state index is 5.96. The number of nitrogen functional groups attached to an aromatic ring is 1. The predicted molar refractivity (Wildman–Crippen MR) is 88.7 cm³/mol. The molecule has 0 saturated carbocycles. The van der Waals surface area contributed by atoms with E-state index in [2.05, 4.69) is 59.8 Å². The number of anilines is 3. The molecule has 3 N–H and O–H groups in total. The van der Waals surface area contributed by atoms with Crippen molar-refractivity contribution >= 4 is 71.5 Å². The highest BCUT2D eigenvalue weighted by atomic mass is 127. The largest absolute Gasteiger partial charge is 0.397 e. The van der Waals surface area contributed by atoms with Crippen LogP contribution in [0.4, 0.5) is 17.1 Å². The lowest BCUT2D eigenvalue weighted by Gasteiger charge is -2.11. The molecular formula is C12H9Br2IN2. The Bertz CT molecular complexity index is 558. The lowest BCUT2D eigenvalue weighted by Crippen LogP contribution is -1.97. The third-order valence-corrected chi connectivity index (χ3v) is 4.07. The highest BCUT2D eigenvalue weighted by Gasteiger charge is 2.04. The number of nitrogens with one attached hydrogen (secondary N) is 1. The van der Waals surface area contributed by atoms with E-state index >= 15 is 0 Å². The first kappa shape index (κ1) is 13.2. The van der Waals surface area contributed by atoms with Crippen molar-refractivity contribution in [2.24, 2.45) is 0 Å². The molecule has 0 aliphatic heterocycles. The Kier molecular flexibility index (Phi) is 4.32. The molecular weight excluding hydrogens is 459 g/mol. The van der Waals surface area contributed by atoms with Crippen molar-refractivity contribution in [2.45, 2.75) is 0 Å². The minimum atomic E-state index is 0.740. The van der Waals surface area contributed by atoms with Crippen molar-refractivity contribution in [3.8, 4) is 0 Å². The highest BCUT2D eigenvalue weighted by molar-refractivity contribution is 14.1. The second kappa shape index (κ2) is 5.58. The van der Waals surface area contributed by atoms with Crippen molar-refractivity contribution in [1.82, 2.24) is 0 Å². The van der Waals surface area contributed by atoms with Crippen LogP contribution in [0.1, 0.15) is 0 Å². The van der Waals surface area contributed by atoms with Crippen LogP contribution in [0.25, 0.3) is 0 Å². The molecule has 0 aliphatic carbocycles. The van der Waals surface area contributed by atoms with Crippen molar-refractivity contribution in [2.75, 3.05) is 11.1 Å². The first-order valence-corrected chi connectivity index (χ1v) is 7.50. The number of rotatable bonds is 2. The number of hydrogen-bond donors (Lipinski definition) is 2. The maximum atomic E-state index is 5.96. The van der Waals surface area contributed by atoms with E-state index in [0.717, 1.165) is 29.6 Å².